The molecule has 0 amide bonds. The van der Waals surface area contributed by atoms with Gasteiger partial charge in [-0.05, 0) is 43.4 Å². The van der Waals surface area contributed by atoms with Crippen LogP contribution in [-0.4, -0.2) is 31.3 Å². The van der Waals surface area contributed by atoms with Crippen molar-refractivity contribution < 1.29 is 19.4 Å². The van der Waals surface area contributed by atoms with Crippen molar-refractivity contribution in [1.82, 2.24) is 0 Å². The van der Waals surface area contributed by atoms with Crippen LogP contribution in [0.4, 0.5) is 0 Å². The van der Waals surface area contributed by atoms with Crippen molar-refractivity contribution in [3.05, 3.63) is 24.3 Å². The Bertz CT molecular complexity index is 436. The van der Waals surface area contributed by atoms with Crippen molar-refractivity contribution in [2.75, 3.05) is 20.3 Å². The Kier molecular flexibility index (Phi) is 7.61. The minimum atomic E-state index is -0.787. The second-order valence-corrected chi connectivity index (χ2v) is 5.36. The molecule has 0 radical (unpaired) electrons. The third-order valence-corrected chi connectivity index (χ3v) is 3.45. The Morgan fingerprint density at radius 3 is 2.71 bits per heavy atom. The van der Waals surface area contributed by atoms with Crippen molar-refractivity contribution >= 4 is 5.97 Å². The molecule has 5 heteroatoms. The molecule has 3 N–H and O–H groups in total. The van der Waals surface area contributed by atoms with E-state index >= 15 is 0 Å². The lowest BCUT2D eigenvalue weighted by Crippen LogP contribution is -2.21. The van der Waals surface area contributed by atoms with Gasteiger partial charge in [-0.15, -0.1) is 0 Å². The van der Waals surface area contributed by atoms with Gasteiger partial charge in [-0.25, -0.2) is 0 Å². The van der Waals surface area contributed by atoms with Crippen LogP contribution >= 0.6 is 0 Å². The Balaban J connectivity index is 2.32. The lowest BCUT2D eigenvalue weighted by Gasteiger charge is -2.18. The zero-order valence-corrected chi connectivity index (χ0v) is 12.7. The average molecular weight is 295 g/mol. The van der Waals surface area contributed by atoms with Crippen molar-refractivity contribution in [1.29, 1.82) is 0 Å². The van der Waals surface area contributed by atoms with Crippen LogP contribution in [0.25, 0.3) is 0 Å². The van der Waals surface area contributed by atoms with E-state index in [9.17, 15) is 4.79 Å². The number of methoxy groups -OCH3 is 1. The first kappa shape index (κ1) is 17.3. The summed E-state index contributed by atoms with van der Waals surface area (Å²) in [5.74, 6) is 1.18. The van der Waals surface area contributed by atoms with Crippen LogP contribution in [-0.2, 0) is 4.79 Å². The maximum absolute atomic E-state index is 10.7. The molecule has 0 spiro atoms. The molecular weight excluding hydrogens is 270 g/mol. The number of hydrogen-bond donors (Lipinski definition) is 2. The summed E-state index contributed by atoms with van der Waals surface area (Å²) in [7, 11) is 1.62. The number of carboxylic acids is 1. The number of rotatable bonds is 10. The van der Waals surface area contributed by atoms with Crippen LogP contribution in [0, 0.1) is 11.8 Å². The van der Waals surface area contributed by atoms with Gasteiger partial charge in [0.05, 0.1) is 13.7 Å². The molecule has 0 aliphatic rings. The molecule has 2 atom stereocenters. The highest BCUT2D eigenvalue weighted by molar-refractivity contribution is 5.67. The number of carboxylic acid groups (broad SMARTS) is 1. The lowest BCUT2D eigenvalue weighted by molar-refractivity contribution is -0.138. The normalized spacial score (nSPS) is 13.5. The standard InChI is InChI=1S/C16H25NO4/c1-12(8-13(11-17)9-16(18)19)6-7-21-15-5-3-4-14(10-15)20-2/h3-5,10,12-13H,6-9,11,17H2,1-2H3,(H,18,19)/t12-,13+/m1/s1. The molecule has 0 bridgehead atoms. The fraction of sp³-hybridized carbons (Fsp3) is 0.562. The molecule has 1 aromatic rings. The number of nitrogens with two attached hydrogens (primary N) is 1. The maximum Gasteiger partial charge on any atom is 0.303 e. The molecule has 0 fully saturated rings. The topological polar surface area (TPSA) is 81.8 Å². The van der Waals surface area contributed by atoms with E-state index in [2.05, 4.69) is 6.92 Å². The van der Waals surface area contributed by atoms with Crippen molar-refractivity contribution in [2.24, 2.45) is 17.6 Å². The summed E-state index contributed by atoms with van der Waals surface area (Å²) in [6.45, 7) is 3.10. The van der Waals surface area contributed by atoms with E-state index in [-0.39, 0.29) is 12.3 Å². The Hall–Kier alpha value is -1.75. The number of carbonyl (C=O) groups is 1. The lowest BCUT2D eigenvalue weighted by atomic mass is 9.91. The van der Waals surface area contributed by atoms with Gasteiger partial charge in [0.2, 0.25) is 0 Å². The molecule has 1 aromatic carbocycles. The van der Waals surface area contributed by atoms with Gasteiger partial charge in [0, 0.05) is 12.5 Å². The second-order valence-electron chi connectivity index (χ2n) is 5.36. The molecule has 0 saturated carbocycles. The van der Waals surface area contributed by atoms with Crippen molar-refractivity contribution in [3.8, 4) is 11.5 Å². The highest BCUT2D eigenvalue weighted by Crippen LogP contribution is 2.21. The molecule has 0 saturated heterocycles. The van der Waals surface area contributed by atoms with Gasteiger partial charge < -0.3 is 20.3 Å². The van der Waals surface area contributed by atoms with Crippen LogP contribution < -0.4 is 15.2 Å². The van der Waals surface area contributed by atoms with E-state index in [1.165, 1.54) is 0 Å². The highest BCUT2D eigenvalue weighted by atomic mass is 16.5. The average Bonchev–Trinajstić information content (AvgIpc) is 2.46. The quantitative estimate of drug-likeness (QED) is 0.693. The monoisotopic (exact) mass is 295 g/mol. The molecule has 5 nitrogen and oxygen atoms in total. The van der Waals surface area contributed by atoms with Gasteiger partial charge in [0.15, 0.2) is 0 Å². The Morgan fingerprint density at radius 2 is 2.10 bits per heavy atom. The molecule has 0 unspecified atom stereocenters. The van der Waals surface area contributed by atoms with E-state index in [1.54, 1.807) is 7.11 Å². The number of aliphatic carboxylic acids is 1. The number of ether oxygens (including phenoxy) is 2. The highest BCUT2D eigenvalue weighted by Gasteiger charge is 2.15. The summed E-state index contributed by atoms with van der Waals surface area (Å²) < 4.78 is 10.8. The third kappa shape index (κ3) is 6.99. The summed E-state index contributed by atoms with van der Waals surface area (Å²) in [6, 6.07) is 7.49. The molecule has 118 valence electrons. The van der Waals surface area contributed by atoms with E-state index in [0.29, 0.717) is 19.1 Å². The van der Waals surface area contributed by atoms with E-state index in [1.807, 2.05) is 24.3 Å². The Morgan fingerprint density at radius 1 is 1.38 bits per heavy atom. The molecule has 1 rings (SSSR count). The molecule has 21 heavy (non-hydrogen) atoms. The van der Waals surface area contributed by atoms with Gasteiger partial charge in [-0.3, -0.25) is 4.79 Å². The second kappa shape index (κ2) is 9.23. The van der Waals surface area contributed by atoms with Gasteiger partial charge in [0.1, 0.15) is 11.5 Å². The maximum atomic E-state index is 10.7. The predicted molar refractivity (Wildman–Crippen MR) is 81.7 cm³/mol. The summed E-state index contributed by atoms with van der Waals surface area (Å²) in [5.41, 5.74) is 5.61. The van der Waals surface area contributed by atoms with Crippen LogP contribution in [0.5, 0.6) is 11.5 Å². The minimum absolute atomic E-state index is 0.0364. The van der Waals surface area contributed by atoms with Gasteiger partial charge >= 0.3 is 5.97 Å². The van der Waals surface area contributed by atoms with Gasteiger partial charge in [-0.1, -0.05) is 13.0 Å². The SMILES string of the molecule is COc1cccc(OCC[C@@H](C)C[C@H](CN)CC(=O)O)c1. The molecule has 0 aliphatic carbocycles. The first-order valence-corrected chi connectivity index (χ1v) is 7.23. The van der Waals surface area contributed by atoms with Crippen molar-refractivity contribution in [2.45, 2.75) is 26.2 Å². The predicted octanol–water partition coefficient (Wildman–Crippen LogP) is 2.54. The molecule has 0 heterocycles. The summed E-state index contributed by atoms with van der Waals surface area (Å²) in [6.07, 6.45) is 1.81. The zero-order valence-electron chi connectivity index (χ0n) is 12.7. The summed E-state index contributed by atoms with van der Waals surface area (Å²) in [5, 5.41) is 8.81. The van der Waals surface area contributed by atoms with Crippen LogP contribution in [0.3, 0.4) is 0 Å². The van der Waals surface area contributed by atoms with E-state index in [0.717, 1.165) is 24.3 Å². The smallest absolute Gasteiger partial charge is 0.303 e. The molecule has 0 aromatic heterocycles. The van der Waals surface area contributed by atoms with Gasteiger partial charge in [0.25, 0.3) is 0 Å². The minimum Gasteiger partial charge on any atom is -0.497 e. The van der Waals surface area contributed by atoms with E-state index in [4.69, 9.17) is 20.3 Å². The van der Waals surface area contributed by atoms with Crippen LogP contribution in [0.2, 0.25) is 0 Å². The first-order valence-electron chi connectivity index (χ1n) is 7.23. The van der Waals surface area contributed by atoms with Crippen LogP contribution in [0.15, 0.2) is 24.3 Å². The molecular formula is C16H25NO4. The zero-order chi connectivity index (χ0) is 15.7. The summed E-state index contributed by atoms with van der Waals surface area (Å²) in [4.78, 5) is 10.7. The summed E-state index contributed by atoms with van der Waals surface area (Å²) >= 11 is 0. The number of hydrogen-bond acceptors (Lipinski definition) is 4. The third-order valence-electron chi connectivity index (χ3n) is 3.45. The fourth-order valence-corrected chi connectivity index (χ4v) is 2.27. The van der Waals surface area contributed by atoms with Gasteiger partial charge in [-0.2, -0.15) is 0 Å². The number of benzene rings is 1. The van der Waals surface area contributed by atoms with Crippen LogP contribution in [0.1, 0.15) is 26.2 Å². The van der Waals surface area contributed by atoms with Crippen molar-refractivity contribution in [3.63, 3.8) is 0 Å². The Labute approximate surface area is 126 Å². The molecule has 0 aliphatic heterocycles. The van der Waals surface area contributed by atoms with E-state index < -0.39 is 5.97 Å². The fourth-order valence-electron chi connectivity index (χ4n) is 2.27. The largest absolute Gasteiger partial charge is 0.497 e. The first-order chi connectivity index (χ1) is 10.0.